The summed E-state index contributed by atoms with van der Waals surface area (Å²) < 4.78 is 5.26. The Balaban J connectivity index is 1.41. The molecule has 116 valence electrons. The fourth-order valence-corrected chi connectivity index (χ4v) is 4.62. The Morgan fingerprint density at radius 1 is 1.36 bits per heavy atom. The second-order valence-corrected chi connectivity index (χ2v) is 7.30. The predicted molar refractivity (Wildman–Crippen MR) is 83.3 cm³/mol. The topological polar surface area (TPSA) is 59.2 Å². The molecule has 2 aliphatic rings. The Morgan fingerprint density at radius 3 is 2.86 bits per heavy atom. The molecular formula is C16H19N3O2S. The number of piperidine rings is 1. The molecule has 0 atom stereocenters. The van der Waals surface area contributed by atoms with E-state index in [2.05, 4.69) is 16.2 Å². The third-order valence-electron chi connectivity index (χ3n) is 4.63. The van der Waals surface area contributed by atoms with E-state index in [0.717, 1.165) is 49.5 Å². The first-order valence-corrected chi connectivity index (χ1v) is 8.73. The molecule has 2 aromatic heterocycles. The average molecular weight is 317 g/mol. The number of hydrogen-bond acceptors (Lipinski definition) is 5. The molecule has 2 aromatic rings. The highest BCUT2D eigenvalue weighted by atomic mass is 32.1. The van der Waals surface area contributed by atoms with Gasteiger partial charge in [0.05, 0.1) is 4.88 Å². The summed E-state index contributed by atoms with van der Waals surface area (Å²) in [6, 6.07) is 2.11. The van der Waals surface area contributed by atoms with Crippen molar-refractivity contribution in [1.82, 2.24) is 15.0 Å². The van der Waals surface area contributed by atoms with Crippen molar-refractivity contribution in [3.05, 3.63) is 33.1 Å². The maximum Gasteiger partial charge on any atom is 0.263 e. The van der Waals surface area contributed by atoms with Crippen molar-refractivity contribution < 1.29 is 9.32 Å². The number of hydrogen-bond donors (Lipinski definition) is 0. The van der Waals surface area contributed by atoms with Gasteiger partial charge in [-0.15, -0.1) is 11.3 Å². The highest BCUT2D eigenvalue weighted by Crippen LogP contribution is 2.33. The number of fused-ring (bicyclic) bond motifs is 1. The predicted octanol–water partition coefficient (Wildman–Crippen LogP) is 2.95. The number of aryl methyl sites for hydroxylation is 3. The largest absolute Gasteiger partial charge is 0.339 e. The number of thiophene rings is 1. The Morgan fingerprint density at radius 2 is 2.18 bits per heavy atom. The molecule has 1 aliphatic heterocycles. The van der Waals surface area contributed by atoms with E-state index < -0.39 is 0 Å². The van der Waals surface area contributed by atoms with Crippen LogP contribution in [0.5, 0.6) is 0 Å². The first-order valence-electron chi connectivity index (χ1n) is 7.92. The average Bonchev–Trinajstić information content (AvgIpc) is 3.22. The molecule has 0 saturated carbocycles. The van der Waals surface area contributed by atoms with Crippen molar-refractivity contribution in [2.75, 3.05) is 13.1 Å². The first-order chi connectivity index (χ1) is 10.7. The summed E-state index contributed by atoms with van der Waals surface area (Å²) >= 11 is 1.69. The molecule has 1 saturated heterocycles. The lowest BCUT2D eigenvalue weighted by Gasteiger charge is -2.30. The van der Waals surface area contributed by atoms with E-state index in [-0.39, 0.29) is 5.91 Å². The van der Waals surface area contributed by atoms with Crippen molar-refractivity contribution in [3.8, 4) is 0 Å². The van der Waals surface area contributed by atoms with Crippen molar-refractivity contribution in [2.24, 2.45) is 0 Å². The Bertz CT molecular complexity index is 677. The van der Waals surface area contributed by atoms with E-state index in [4.69, 9.17) is 4.52 Å². The summed E-state index contributed by atoms with van der Waals surface area (Å²) in [5, 5.41) is 3.86. The molecule has 5 nitrogen and oxygen atoms in total. The number of nitrogens with zero attached hydrogens (tertiary/aromatic N) is 3. The van der Waals surface area contributed by atoms with Gasteiger partial charge in [0, 0.05) is 23.9 Å². The molecular weight excluding hydrogens is 298 g/mol. The third kappa shape index (κ3) is 2.45. The van der Waals surface area contributed by atoms with Gasteiger partial charge in [-0.1, -0.05) is 5.16 Å². The standard InChI is InChI=1S/C16H19N3O2S/c1-10-17-15(21-18-10)11-5-7-19(8-6-11)16(20)14-9-12-3-2-4-13(12)22-14/h9,11H,2-8H2,1H3. The molecule has 1 fully saturated rings. The Labute approximate surface area is 133 Å². The molecule has 22 heavy (non-hydrogen) atoms. The van der Waals surface area contributed by atoms with E-state index in [0.29, 0.717) is 11.7 Å². The van der Waals surface area contributed by atoms with Crippen LogP contribution in [0.2, 0.25) is 0 Å². The molecule has 1 amide bonds. The van der Waals surface area contributed by atoms with Crippen molar-refractivity contribution >= 4 is 17.2 Å². The van der Waals surface area contributed by atoms with E-state index in [1.165, 1.54) is 16.9 Å². The zero-order valence-electron chi connectivity index (χ0n) is 12.7. The van der Waals surface area contributed by atoms with Gasteiger partial charge in [0.25, 0.3) is 5.91 Å². The molecule has 0 N–H and O–H groups in total. The van der Waals surface area contributed by atoms with Crippen LogP contribution >= 0.6 is 11.3 Å². The molecule has 3 heterocycles. The fraction of sp³-hybridized carbons (Fsp3) is 0.562. The van der Waals surface area contributed by atoms with Gasteiger partial charge in [-0.25, -0.2) is 0 Å². The molecule has 0 aromatic carbocycles. The van der Waals surface area contributed by atoms with E-state index >= 15 is 0 Å². The Hall–Kier alpha value is -1.69. The second kappa shape index (κ2) is 5.50. The number of likely N-dealkylation sites (tertiary alicyclic amines) is 1. The summed E-state index contributed by atoms with van der Waals surface area (Å²) in [4.78, 5) is 21.3. The van der Waals surface area contributed by atoms with E-state index in [1.54, 1.807) is 11.3 Å². The van der Waals surface area contributed by atoms with Gasteiger partial charge in [-0.2, -0.15) is 4.98 Å². The molecule has 0 radical (unpaired) electrons. The van der Waals surface area contributed by atoms with Crippen molar-refractivity contribution in [2.45, 2.75) is 44.9 Å². The summed E-state index contributed by atoms with van der Waals surface area (Å²) in [7, 11) is 0. The normalized spacial score (nSPS) is 18.7. The van der Waals surface area contributed by atoms with Crippen LogP contribution in [0.15, 0.2) is 10.6 Å². The monoisotopic (exact) mass is 317 g/mol. The number of carbonyl (C=O) groups excluding carboxylic acids is 1. The maximum atomic E-state index is 12.6. The molecule has 0 bridgehead atoms. The first kappa shape index (κ1) is 13.9. The lowest BCUT2D eigenvalue weighted by molar-refractivity contribution is 0.0709. The van der Waals surface area contributed by atoms with Crippen LogP contribution in [-0.2, 0) is 12.8 Å². The summed E-state index contributed by atoms with van der Waals surface area (Å²) in [6.07, 6.45) is 5.32. The summed E-state index contributed by atoms with van der Waals surface area (Å²) in [5.41, 5.74) is 1.39. The number of rotatable bonds is 2. The van der Waals surface area contributed by atoms with Crippen LogP contribution in [0, 0.1) is 6.92 Å². The van der Waals surface area contributed by atoms with Gasteiger partial charge in [-0.3, -0.25) is 4.79 Å². The van der Waals surface area contributed by atoms with Gasteiger partial charge < -0.3 is 9.42 Å². The van der Waals surface area contributed by atoms with Crippen molar-refractivity contribution in [3.63, 3.8) is 0 Å². The van der Waals surface area contributed by atoms with Gasteiger partial charge >= 0.3 is 0 Å². The fourth-order valence-electron chi connectivity index (χ4n) is 3.40. The molecule has 0 spiro atoms. The quantitative estimate of drug-likeness (QED) is 0.854. The van der Waals surface area contributed by atoms with Crippen LogP contribution < -0.4 is 0 Å². The molecule has 1 aliphatic carbocycles. The van der Waals surface area contributed by atoms with Crippen LogP contribution in [0.25, 0.3) is 0 Å². The van der Waals surface area contributed by atoms with Gasteiger partial charge in [0.15, 0.2) is 5.82 Å². The third-order valence-corrected chi connectivity index (χ3v) is 5.86. The van der Waals surface area contributed by atoms with Crippen LogP contribution in [0.1, 0.15) is 57.0 Å². The minimum atomic E-state index is 0.194. The summed E-state index contributed by atoms with van der Waals surface area (Å²) in [5.74, 6) is 1.89. The SMILES string of the molecule is Cc1noc(C2CCN(C(=O)c3cc4c(s3)CCC4)CC2)n1. The highest BCUT2D eigenvalue weighted by molar-refractivity contribution is 7.14. The lowest BCUT2D eigenvalue weighted by atomic mass is 9.96. The van der Waals surface area contributed by atoms with Crippen LogP contribution in [-0.4, -0.2) is 34.0 Å². The highest BCUT2D eigenvalue weighted by Gasteiger charge is 2.29. The molecule has 4 rings (SSSR count). The zero-order chi connectivity index (χ0) is 15.1. The van der Waals surface area contributed by atoms with Crippen LogP contribution in [0.4, 0.5) is 0 Å². The summed E-state index contributed by atoms with van der Waals surface area (Å²) in [6.45, 7) is 3.38. The minimum absolute atomic E-state index is 0.194. The van der Waals surface area contributed by atoms with Crippen LogP contribution in [0.3, 0.4) is 0 Å². The van der Waals surface area contributed by atoms with Gasteiger partial charge in [0.2, 0.25) is 5.89 Å². The zero-order valence-corrected chi connectivity index (χ0v) is 13.5. The number of aromatic nitrogens is 2. The number of carbonyl (C=O) groups is 1. The lowest BCUT2D eigenvalue weighted by Crippen LogP contribution is -2.37. The smallest absolute Gasteiger partial charge is 0.263 e. The van der Waals surface area contributed by atoms with E-state index in [9.17, 15) is 4.79 Å². The molecule has 0 unspecified atom stereocenters. The van der Waals surface area contributed by atoms with E-state index in [1.807, 2.05) is 11.8 Å². The second-order valence-electron chi connectivity index (χ2n) is 6.16. The minimum Gasteiger partial charge on any atom is -0.339 e. The van der Waals surface area contributed by atoms with Gasteiger partial charge in [0.1, 0.15) is 0 Å². The Kier molecular flexibility index (Phi) is 3.48. The molecule has 6 heteroatoms. The maximum absolute atomic E-state index is 12.6. The number of amides is 1. The van der Waals surface area contributed by atoms with Crippen molar-refractivity contribution in [1.29, 1.82) is 0 Å². The van der Waals surface area contributed by atoms with Gasteiger partial charge in [-0.05, 0) is 50.7 Å².